The zero-order chi connectivity index (χ0) is 12.3. The van der Waals surface area contributed by atoms with Crippen LogP contribution in [0.5, 0.6) is 0 Å². The van der Waals surface area contributed by atoms with E-state index in [1.54, 1.807) is 0 Å². The second-order valence-electron chi connectivity index (χ2n) is 3.40. The van der Waals surface area contributed by atoms with Gasteiger partial charge in [0.05, 0.1) is 6.61 Å². The summed E-state index contributed by atoms with van der Waals surface area (Å²) in [5.74, 6) is -1.25. The van der Waals surface area contributed by atoms with Gasteiger partial charge in [0.25, 0.3) is 0 Å². The van der Waals surface area contributed by atoms with Gasteiger partial charge < -0.3 is 24.4 Å². The summed E-state index contributed by atoms with van der Waals surface area (Å²) in [7, 11) is 0. The lowest BCUT2D eigenvalue weighted by atomic mass is 10.1. The summed E-state index contributed by atoms with van der Waals surface area (Å²) >= 11 is 0. The molecular weight excluding hydrogens is 220 g/mol. The van der Waals surface area contributed by atoms with Crippen molar-refractivity contribution in [2.24, 2.45) is 0 Å². The van der Waals surface area contributed by atoms with E-state index in [1.165, 1.54) is 6.92 Å². The van der Waals surface area contributed by atoms with Gasteiger partial charge in [0.1, 0.15) is 6.10 Å². The molecule has 1 rings (SSSR count). The minimum Gasteiger partial charge on any atom is -0.455 e. The molecule has 92 valence electrons. The number of aliphatic hydroxyl groups excluding tert-OH is 2. The molecule has 0 bridgehead atoms. The fourth-order valence-corrected chi connectivity index (χ4v) is 1.51. The first kappa shape index (κ1) is 12.9. The van der Waals surface area contributed by atoms with Gasteiger partial charge in [-0.3, -0.25) is 9.59 Å². The Morgan fingerprint density at radius 2 is 1.69 bits per heavy atom. The van der Waals surface area contributed by atoms with E-state index >= 15 is 0 Å². The predicted octanol–water partition coefficient (Wildman–Crippen LogP) is -1.44. The summed E-state index contributed by atoms with van der Waals surface area (Å²) < 4.78 is 14.5. The van der Waals surface area contributed by atoms with Crippen LogP contribution in [0, 0.1) is 0 Å². The molecule has 0 aromatic rings. The fraction of sp³-hybridized carbons (Fsp3) is 0.778. The summed E-state index contributed by atoms with van der Waals surface area (Å²) in [6.07, 6.45) is -4.42. The number of esters is 2. The smallest absolute Gasteiger partial charge is 0.303 e. The van der Waals surface area contributed by atoms with Crippen molar-refractivity contribution in [3.05, 3.63) is 0 Å². The molecule has 4 atom stereocenters. The standard InChI is InChI=1S/C9H14O7/c1-4(11)14-7-6(3-10)16-9(13)8(7)15-5(2)12/h6-10,13H,3H2,1-2H3/t6-,7?,8?,9-/m1/s1. The first-order valence-electron chi connectivity index (χ1n) is 4.74. The van der Waals surface area contributed by atoms with Crippen molar-refractivity contribution in [1.82, 2.24) is 0 Å². The van der Waals surface area contributed by atoms with Crippen molar-refractivity contribution in [3.63, 3.8) is 0 Å². The van der Waals surface area contributed by atoms with Crippen molar-refractivity contribution < 1.29 is 34.0 Å². The maximum absolute atomic E-state index is 10.8. The maximum atomic E-state index is 10.8. The molecule has 0 aromatic heterocycles. The summed E-state index contributed by atoms with van der Waals surface area (Å²) in [6, 6.07) is 0. The summed E-state index contributed by atoms with van der Waals surface area (Å²) in [5.41, 5.74) is 0. The number of aliphatic hydroxyl groups is 2. The zero-order valence-corrected chi connectivity index (χ0v) is 8.95. The van der Waals surface area contributed by atoms with Crippen molar-refractivity contribution >= 4 is 11.9 Å². The van der Waals surface area contributed by atoms with E-state index in [2.05, 4.69) is 0 Å². The highest BCUT2D eigenvalue weighted by molar-refractivity contribution is 5.67. The van der Waals surface area contributed by atoms with Gasteiger partial charge in [0, 0.05) is 13.8 Å². The predicted molar refractivity (Wildman–Crippen MR) is 49.1 cm³/mol. The first-order chi connectivity index (χ1) is 7.45. The Morgan fingerprint density at radius 3 is 2.12 bits per heavy atom. The fourth-order valence-electron chi connectivity index (χ4n) is 1.51. The lowest BCUT2D eigenvalue weighted by Gasteiger charge is -2.21. The van der Waals surface area contributed by atoms with E-state index in [-0.39, 0.29) is 0 Å². The Kier molecular flexibility index (Phi) is 4.22. The highest BCUT2D eigenvalue weighted by atomic mass is 16.7. The Morgan fingerprint density at radius 1 is 1.19 bits per heavy atom. The van der Waals surface area contributed by atoms with Gasteiger partial charge in [-0.2, -0.15) is 0 Å². The van der Waals surface area contributed by atoms with Gasteiger partial charge in [0.2, 0.25) is 0 Å². The quantitative estimate of drug-likeness (QED) is 0.576. The Hall–Kier alpha value is -1.18. The first-order valence-corrected chi connectivity index (χ1v) is 4.74. The molecule has 2 N–H and O–H groups in total. The minimum absolute atomic E-state index is 0.452. The van der Waals surface area contributed by atoms with Gasteiger partial charge in [-0.1, -0.05) is 0 Å². The number of carbonyl (C=O) groups excluding carboxylic acids is 2. The second kappa shape index (κ2) is 5.24. The molecule has 0 radical (unpaired) electrons. The van der Waals surface area contributed by atoms with E-state index in [0.717, 1.165) is 6.92 Å². The summed E-state index contributed by atoms with van der Waals surface area (Å²) in [5, 5.41) is 18.4. The van der Waals surface area contributed by atoms with Crippen LogP contribution < -0.4 is 0 Å². The second-order valence-corrected chi connectivity index (χ2v) is 3.40. The van der Waals surface area contributed by atoms with E-state index in [9.17, 15) is 14.7 Å². The average Bonchev–Trinajstić information content (AvgIpc) is 2.44. The Labute approximate surface area is 91.9 Å². The lowest BCUT2D eigenvalue weighted by Crippen LogP contribution is -2.40. The van der Waals surface area contributed by atoms with Gasteiger partial charge in [0.15, 0.2) is 18.5 Å². The molecule has 1 saturated heterocycles. The van der Waals surface area contributed by atoms with E-state index in [0.29, 0.717) is 0 Å². The van der Waals surface area contributed by atoms with Crippen LogP contribution in [0.15, 0.2) is 0 Å². The largest absolute Gasteiger partial charge is 0.455 e. The number of hydrogen-bond donors (Lipinski definition) is 2. The normalized spacial score (nSPS) is 33.5. The van der Waals surface area contributed by atoms with Gasteiger partial charge in [-0.15, -0.1) is 0 Å². The zero-order valence-electron chi connectivity index (χ0n) is 8.95. The number of ether oxygens (including phenoxy) is 3. The van der Waals surface area contributed by atoms with Gasteiger partial charge in [-0.25, -0.2) is 0 Å². The molecular formula is C9H14O7. The SMILES string of the molecule is CC(=O)OC1C(OC(C)=O)[C@@H](CO)O[C@H]1O. The molecule has 0 aromatic carbocycles. The van der Waals surface area contributed by atoms with Crippen molar-refractivity contribution in [3.8, 4) is 0 Å². The van der Waals surface area contributed by atoms with Crippen molar-refractivity contribution in [2.45, 2.75) is 38.4 Å². The highest BCUT2D eigenvalue weighted by Crippen LogP contribution is 2.25. The third-order valence-corrected chi connectivity index (χ3v) is 2.07. The number of hydrogen-bond acceptors (Lipinski definition) is 7. The summed E-state index contributed by atoms with van der Waals surface area (Å²) in [6.45, 7) is 1.88. The molecule has 1 aliphatic heterocycles. The third-order valence-electron chi connectivity index (χ3n) is 2.07. The Balaban J connectivity index is 2.76. The molecule has 1 heterocycles. The van der Waals surface area contributed by atoms with Crippen LogP contribution in [-0.4, -0.2) is 53.4 Å². The molecule has 7 nitrogen and oxygen atoms in total. The molecule has 1 aliphatic rings. The van der Waals surface area contributed by atoms with Crippen LogP contribution in [0.4, 0.5) is 0 Å². The highest BCUT2D eigenvalue weighted by Gasteiger charge is 2.48. The molecule has 7 heteroatoms. The van der Waals surface area contributed by atoms with E-state index in [4.69, 9.17) is 19.3 Å². The number of rotatable bonds is 3. The van der Waals surface area contributed by atoms with Crippen molar-refractivity contribution in [2.75, 3.05) is 6.61 Å². The van der Waals surface area contributed by atoms with Crippen LogP contribution in [0.3, 0.4) is 0 Å². The van der Waals surface area contributed by atoms with E-state index in [1.807, 2.05) is 0 Å². The molecule has 0 amide bonds. The van der Waals surface area contributed by atoms with Crippen LogP contribution in [0.25, 0.3) is 0 Å². The molecule has 0 spiro atoms. The minimum atomic E-state index is -1.41. The average molecular weight is 234 g/mol. The van der Waals surface area contributed by atoms with Crippen LogP contribution >= 0.6 is 0 Å². The van der Waals surface area contributed by atoms with Crippen LogP contribution in [0.2, 0.25) is 0 Å². The maximum Gasteiger partial charge on any atom is 0.303 e. The number of carbonyl (C=O) groups is 2. The molecule has 1 fully saturated rings. The van der Waals surface area contributed by atoms with Gasteiger partial charge in [-0.05, 0) is 0 Å². The van der Waals surface area contributed by atoms with Crippen LogP contribution in [-0.2, 0) is 23.8 Å². The monoisotopic (exact) mass is 234 g/mol. The topological polar surface area (TPSA) is 102 Å². The van der Waals surface area contributed by atoms with E-state index < -0.39 is 43.1 Å². The van der Waals surface area contributed by atoms with Crippen molar-refractivity contribution in [1.29, 1.82) is 0 Å². The van der Waals surface area contributed by atoms with Crippen LogP contribution in [0.1, 0.15) is 13.8 Å². The molecule has 0 saturated carbocycles. The molecule has 16 heavy (non-hydrogen) atoms. The third kappa shape index (κ3) is 2.91. The molecule has 0 aliphatic carbocycles. The van der Waals surface area contributed by atoms with Gasteiger partial charge >= 0.3 is 11.9 Å². The molecule has 2 unspecified atom stereocenters. The Bertz CT molecular complexity index is 277. The lowest BCUT2D eigenvalue weighted by molar-refractivity contribution is -0.174. The summed E-state index contributed by atoms with van der Waals surface area (Å²) in [4.78, 5) is 21.6.